The number of aliphatic hydroxyl groups excluding tert-OH is 1. The van der Waals surface area contributed by atoms with Crippen molar-refractivity contribution in [2.24, 2.45) is 5.73 Å². The standard InChI is InChI=1S/C10H15ClNO3P.ClH/c11-9-3-1-8(2-4-9)6-16(14,15)7-10(13)5-12;/h1-4,10,13H,5-7,12H2,(H,14,15);1H/t10-;/m0./s1. The van der Waals surface area contributed by atoms with Gasteiger partial charge in [-0.1, -0.05) is 23.7 Å². The van der Waals surface area contributed by atoms with Crippen LogP contribution in [0.4, 0.5) is 0 Å². The Bertz CT molecular complexity index is 386. The molecule has 0 radical (unpaired) electrons. The average Bonchev–Trinajstić information content (AvgIpc) is 2.20. The first-order valence-electron chi connectivity index (χ1n) is 4.86. The molecule has 7 heteroatoms. The third-order valence-corrected chi connectivity index (χ3v) is 4.21. The molecule has 1 aromatic carbocycles. The van der Waals surface area contributed by atoms with Crippen LogP contribution in [0.2, 0.25) is 5.02 Å². The Morgan fingerprint density at radius 1 is 1.35 bits per heavy atom. The molecule has 0 aliphatic rings. The van der Waals surface area contributed by atoms with E-state index in [0.29, 0.717) is 5.02 Å². The van der Waals surface area contributed by atoms with Crippen molar-refractivity contribution in [2.75, 3.05) is 12.7 Å². The van der Waals surface area contributed by atoms with Crippen LogP contribution in [0, 0.1) is 0 Å². The molecule has 0 spiro atoms. The van der Waals surface area contributed by atoms with E-state index >= 15 is 0 Å². The van der Waals surface area contributed by atoms with E-state index in [9.17, 15) is 14.6 Å². The van der Waals surface area contributed by atoms with Crippen molar-refractivity contribution in [2.45, 2.75) is 12.3 Å². The summed E-state index contributed by atoms with van der Waals surface area (Å²) >= 11 is 5.70. The number of hydrogen-bond donors (Lipinski definition) is 3. The van der Waals surface area contributed by atoms with E-state index in [-0.39, 0.29) is 31.3 Å². The minimum Gasteiger partial charge on any atom is -0.391 e. The molecular weight excluding hydrogens is 284 g/mol. The number of hydrogen-bond acceptors (Lipinski definition) is 3. The summed E-state index contributed by atoms with van der Waals surface area (Å²) in [5.74, 6) is 0. The summed E-state index contributed by atoms with van der Waals surface area (Å²) in [4.78, 5) is 9.65. The smallest absolute Gasteiger partial charge is 0.207 e. The second-order valence-corrected chi connectivity index (χ2v) is 6.51. The fraction of sp³-hybridized carbons (Fsp3) is 0.400. The largest absolute Gasteiger partial charge is 0.391 e. The number of aliphatic hydroxyl groups is 1. The van der Waals surface area contributed by atoms with Gasteiger partial charge in [-0.25, -0.2) is 0 Å². The molecule has 0 fully saturated rings. The van der Waals surface area contributed by atoms with Crippen LogP contribution in [0.25, 0.3) is 0 Å². The maximum absolute atomic E-state index is 11.7. The fourth-order valence-corrected chi connectivity index (χ4v) is 3.19. The molecule has 0 bridgehead atoms. The third-order valence-electron chi connectivity index (χ3n) is 2.11. The molecule has 0 amide bonds. The van der Waals surface area contributed by atoms with Crippen molar-refractivity contribution in [3.05, 3.63) is 34.9 Å². The lowest BCUT2D eigenvalue weighted by Gasteiger charge is -2.14. The van der Waals surface area contributed by atoms with Crippen LogP contribution >= 0.6 is 31.4 Å². The van der Waals surface area contributed by atoms with Gasteiger partial charge in [0.25, 0.3) is 0 Å². The van der Waals surface area contributed by atoms with Gasteiger partial charge in [0.1, 0.15) is 0 Å². The van der Waals surface area contributed by atoms with E-state index in [2.05, 4.69) is 0 Å². The van der Waals surface area contributed by atoms with Gasteiger partial charge in [-0.3, -0.25) is 4.57 Å². The average molecular weight is 300 g/mol. The molecule has 4 nitrogen and oxygen atoms in total. The third kappa shape index (κ3) is 6.41. The number of rotatable bonds is 5. The monoisotopic (exact) mass is 299 g/mol. The van der Waals surface area contributed by atoms with Crippen LogP contribution in [0.1, 0.15) is 5.56 Å². The van der Waals surface area contributed by atoms with E-state index in [1.807, 2.05) is 0 Å². The number of nitrogens with two attached hydrogens (primary N) is 1. The molecule has 0 saturated carbocycles. The Hall–Kier alpha value is -0.0900. The van der Waals surface area contributed by atoms with E-state index in [0.717, 1.165) is 5.56 Å². The first-order chi connectivity index (χ1) is 7.43. The van der Waals surface area contributed by atoms with Crippen molar-refractivity contribution in [3.63, 3.8) is 0 Å². The molecule has 0 aromatic heterocycles. The quantitative estimate of drug-likeness (QED) is 0.725. The van der Waals surface area contributed by atoms with Crippen molar-refractivity contribution in [1.29, 1.82) is 0 Å². The number of halogens is 2. The number of benzene rings is 1. The molecule has 0 aliphatic carbocycles. The van der Waals surface area contributed by atoms with Gasteiger partial charge in [-0.05, 0) is 17.7 Å². The molecule has 0 saturated heterocycles. The zero-order valence-electron chi connectivity index (χ0n) is 9.12. The summed E-state index contributed by atoms with van der Waals surface area (Å²) in [6.07, 6.45) is -1.07. The minimum absolute atomic E-state index is 0. The fourth-order valence-electron chi connectivity index (χ4n) is 1.34. The summed E-state index contributed by atoms with van der Waals surface area (Å²) in [5, 5.41) is 9.82. The van der Waals surface area contributed by atoms with Gasteiger partial charge in [0, 0.05) is 17.7 Å². The van der Waals surface area contributed by atoms with Crippen LogP contribution in [0.3, 0.4) is 0 Å². The van der Waals surface area contributed by atoms with Gasteiger partial charge in [-0.15, -0.1) is 12.4 Å². The lowest BCUT2D eigenvalue weighted by molar-refractivity contribution is 0.202. The van der Waals surface area contributed by atoms with Gasteiger partial charge < -0.3 is 15.7 Å². The molecule has 0 heterocycles. The highest BCUT2D eigenvalue weighted by Crippen LogP contribution is 2.44. The zero-order chi connectivity index (χ0) is 12.2. The predicted octanol–water partition coefficient (Wildman–Crippen LogP) is 1.85. The molecule has 1 unspecified atom stereocenters. The van der Waals surface area contributed by atoms with Gasteiger partial charge in [0.2, 0.25) is 7.37 Å². The Balaban J connectivity index is 0.00000256. The lowest BCUT2D eigenvalue weighted by atomic mass is 10.2. The van der Waals surface area contributed by atoms with Crippen LogP contribution < -0.4 is 5.73 Å². The van der Waals surface area contributed by atoms with Crippen LogP contribution in [0.5, 0.6) is 0 Å². The molecule has 17 heavy (non-hydrogen) atoms. The maximum atomic E-state index is 11.7. The first-order valence-corrected chi connectivity index (χ1v) is 7.27. The highest BCUT2D eigenvalue weighted by molar-refractivity contribution is 7.57. The Morgan fingerprint density at radius 2 is 1.88 bits per heavy atom. The van der Waals surface area contributed by atoms with Gasteiger partial charge in [-0.2, -0.15) is 0 Å². The van der Waals surface area contributed by atoms with Gasteiger partial charge >= 0.3 is 0 Å². The summed E-state index contributed by atoms with van der Waals surface area (Å²) in [6.45, 7) is -0.00876. The van der Waals surface area contributed by atoms with E-state index in [1.165, 1.54) is 0 Å². The van der Waals surface area contributed by atoms with Crippen LogP contribution in [-0.4, -0.2) is 28.8 Å². The van der Waals surface area contributed by atoms with Crippen molar-refractivity contribution in [3.8, 4) is 0 Å². The van der Waals surface area contributed by atoms with Crippen molar-refractivity contribution >= 4 is 31.4 Å². The predicted molar refractivity (Wildman–Crippen MR) is 72.2 cm³/mol. The topological polar surface area (TPSA) is 83.5 Å². The van der Waals surface area contributed by atoms with E-state index in [4.69, 9.17) is 17.3 Å². The second kappa shape index (κ2) is 7.37. The lowest BCUT2D eigenvalue weighted by Crippen LogP contribution is -2.23. The normalized spacial score (nSPS) is 15.8. The zero-order valence-corrected chi connectivity index (χ0v) is 11.6. The molecule has 4 N–H and O–H groups in total. The van der Waals surface area contributed by atoms with Gasteiger partial charge in [0.15, 0.2) is 0 Å². The molecule has 0 aliphatic heterocycles. The second-order valence-electron chi connectivity index (χ2n) is 3.70. The molecule has 98 valence electrons. The van der Waals surface area contributed by atoms with Gasteiger partial charge in [0.05, 0.1) is 12.3 Å². The van der Waals surface area contributed by atoms with Crippen molar-refractivity contribution < 1.29 is 14.6 Å². The maximum Gasteiger partial charge on any atom is 0.207 e. The van der Waals surface area contributed by atoms with E-state index in [1.54, 1.807) is 24.3 Å². The van der Waals surface area contributed by atoms with Crippen LogP contribution in [-0.2, 0) is 10.7 Å². The summed E-state index contributed by atoms with van der Waals surface area (Å²) in [7, 11) is -3.38. The van der Waals surface area contributed by atoms with Crippen LogP contribution in [0.15, 0.2) is 24.3 Å². The SMILES string of the molecule is Cl.NC[C@H](O)CP(=O)(O)Cc1ccc(Cl)cc1. The summed E-state index contributed by atoms with van der Waals surface area (Å²) in [6, 6.07) is 6.71. The molecule has 1 rings (SSSR count). The molecule has 2 atom stereocenters. The summed E-state index contributed by atoms with van der Waals surface area (Å²) < 4.78 is 11.7. The Labute approximate surface area is 112 Å². The van der Waals surface area contributed by atoms with E-state index < -0.39 is 13.5 Å². The summed E-state index contributed by atoms with van der Waals surface area (Å²) in [5.41, 5.74) is 5.91. The van der Waals surface area contributed by atoms with Crippen molar-refractivity contribution in [1.82, 2.24) is 0 Å². The highest BCUT2D eigenvalue weighted by Gasteiger charge is 2.22. The molecular formula is C10H16Cl2NO3P. The molecule has 1 aromatic rings. The minimum atomic E-state index is -3.38. The highest BCUT2D eigenvalue weighted by atomic mass is 35.5. The first kappa shape index (κ1) is 16.9. The Morgan fingerprint density at radius 3 is 2.35 bits per heavy atom. The Kier molecular flexibility index (Phi) is 7.33.